The second-order valence-electron chi connectivity index (χ2n) is 6.22. The van der Waals surface area contributed by atoms with Crippen LogP contribution in [0.5, 0.6) is 0 Å². The van der Waals surface area contributed by atoms with E-state index in [1.54, 1.807) is 11.8 Å². The number of nitrogens with zero attached hydrogens (tertiary/aromatic N) is 1. The van der Waals surface area contributed by atoms with Gasteiger partial charge in [-0.1, -0.05) is 42.8 Å². The van der Waals surface area contributed by atoms with Crippen molar-refractivity contribution in [1.29, 1.82) is 0 Å². The van der Waals surface area contributed by atoms with E-state index in [1.807, 2.05) is 68.4 Å². The quantitative estimate of drug-likeness (QED) is 0.703. The molecule has 138 valence electrons. The Balaban J connectivity index is 1.97. The molecule has 0 saturated heterocycles. The Morgan fingerprint density at radius 2 is 1.73 bits per heavy atom. The number of nitrogens with one attached hydrogen (secondary N) is 1. The summed E-state index contributed by atoms with van der Waals surface area (Å²) in [5.41, 5.74) is 1.93. The second kappa shape index (κ2) is 10.0. The Morgan fingerprint density at radius 1 is 1.08 bits per heavy atom. The first-order chi connectivity index (χ1) is 12.5. The zero-order chi connectivity index (χ0) is 18.9. The van der Waals surface area contributed by atoms with Gasteiger partial charge in [-0.15, -0.1) is 11.8 Å². The van der Waals surface area contributed by atoms with Gasteiger partial charge in [0.15, 0.2) is 0 Å². The lowest BCUT2D eigenvalue weighted by molar-refractivity contribution is -0.135. The summed E-state index contributed by atoms with van der Waals surface area (Å²) in [6.45, 7) is 6.39. The molecule has 0 spiro atoms. The van der Waals surface area contributed by atoms with E-state index in [4.69, 9.17) is 0 Å². The Hall–Kier alpha value is -2.27. The van der Waals surface area contributed by atoms with Gasteiger partial charge in [0.25, 0.3) is 0 Å². The van der Waals surface area contributed by atoms with Gasteiger partial charge in [0, 0.05) is 17.1 Å². The number of amides is 2. The van der Waals surface area contributed by atoms with Crippen LogP contribution in [-0.4, -0.2) is 35.1 Å². The standard InChI is InChI=1S/C21H26N2O2S/c1-4-14-23(17(3)21(25)22-18-8-6-5-7-9-18)20(24)15-26-19-12-10-16(2)11-13-19/h5-13,17H,4,14-15H2,1-3H3,(H,22,25)/t17-/m0/s1. The molecule has 26 heavy (non-hydrogen) atoms. The van der Waals surface area contributed by atoms with Crippen LogP contribution in [0, 0.1) is 6.92 Å². The molecule has 4 nitrogen and oxygen atoms in total. The molecule has 0 unspecified atom stereocenters. The molecular formula is C21H26N2O2S. The maximum atomic E-state index is 12.7. The summed E-state index contributed by atoms with van der Waals surface area (Å²) >= 11 is 1.50. The molecule has 0 bridgehead atoms. The summed E-state index contributed by atoms with van der Waals surface area (Å²) in [5.74, 6) is 0.137. The minimum Gasteiger partial charge on any atom is -0.330 e. The highest BCUT2D eigenvalue weighted by Gasteiger charge is 2.25. The van der Waals surface area contributed by atoms with Crippen LogP contribution in [0.2, 0.25) is 0 Å². The fourth-order valence-corrected chi connectivity index (χ4v) is 3.33. The predicted octanol–water partition coefficient (Wildman–Crippen LogP) is 4.35. The van der Waals surface area contributed by atoms with Gasteiger partial charge >= 0.3 is 0 Å². The van der Waals surface area contributed by atoms with Crippen LogP contribution in [0.4, 0.5) is 5.69 Å². The SMILES string of the molecule is CCCN(C(=O)CSc1ccc(C)cc1)[C@@H](C)C(=O)Nc1ccccc1. The first-order valence-corrected chi connectivity index (χ1v) is 9.84. The van der Waals surface area contributed by atoms with E-state index in [0.29, 0.717) is 12.3 Å². The zero-order valence-corrected chi connectivity index (χ0v) is 16.4. The van der Waals surface area contributed by atoms with E-state index in [2.05, 4.69) is 5.32 Å². The van der Waals surface area contributed by atoms with E-state index in [9.17, 15) is 9.59 Å². The average molecular weight is 371 g/mol. The number of thioether (sulfide) groups is 1. The third-order valence-corrected chi connectivity index (χ3v) is 5.05. The second-order valence-corrected chi connectivity index (χ2v) is 7.27. The summed E-state index contributed by atoms with van der Waals surface area (Å²) < 4.78 is 0. The maximum absolute atomic E-state index is 12.7. The molecule has 5 heteroatoms. The largest absolute Gasteiger partial charge is 0.330 e. The number of carbonyl (C=O) groups is 2. The molecule has 2 aromatic carbocycles. The van der Waals surface area contributed by atoms with Crippen molar-refractivity contribution in [2.75, 3.05) is 17.6 Å². The van der Waals surface area contributed by atoms with Crippen molar-refractivity contribution in [2.24, 2.45) is 0 Å². The summed E-state index contributed by atoms with van der Waals surface area (Å²) in [6, 6.07) is 16.9. The molecule has 0 aromatic heterocycles. The van der Waals surface area contributed by atoms with Gasteiger partial charge in [-0.2, -0.15) is 0 Å². The van der Waals surface area contributed by atoms with Gasteiger partial charge in [0.1, 0.15) is 6.04 Å². The molecule has 0 aliphatic carbocycles. The topological polar surface area (TPSA) is 49.4 Å². The highest BCUT2D eigenvalue weighted by molar-refractivity contribution is 8.00. The number of aryl methyl sites for hydroxylation is 1. The van der Waals surface area contributed by atoms with Gasteiger partial charge in [0.2, 0.25) is 11.8 Å². The van der Waals surface area contributed by atoms with Crippen molar-refractivity contribution in [2.45, 2.75) is 38.1 Å². The minimum absolute atomic E-state index is 0.0202. The lowest BCUT2D eigenvalue weighted by Gasteiger charge is -2.28. The molecule has 2 amide bonds. The minimum atomic E-state index is -0.513. The van der Waals surface area contributed by atoms with Crippen molar-refractivity contribution < 1.29 is 9.59 Å². The number of anilines is 1. The number of benzene rings is 2. The Labute approximate surface area is 160 Å². The lowest BCUT2D eigenvalue weighted by Crippen LogP contribution is -2.46. The van der Waals surface area contributed by atoms with Crippen LogP contribution < -0.4 is 5.32 Å². The highest BCUT2D eigenvalue weighted by atomic mass is 32.2. The third-order valence-electron chi connectivity index (χ3n) is 4.06. The van der Waals surface area contributed by atoms with E-state index >= 15 is 0 Å². The van der Waals surface area contributed by atoms with E-state index in [1.165, 1.54) is 17.3 Å². The molecule has 0 aliphatic rings. The molecule has 0 radical (unpaired) electrons. The van der Waals surface area contributed by atoms with Crippen LogP contribution in [0.15, 0.2) is 59.5 Å². The molecule has 1 N–H and O–H groups in total. The molecule has 0 aliphatic heterocycles. The van der Waals surface area contributed by atoms with E-state index in [0.717, 1.165) is 17.0 Å². The van der Waals surface area contributed by atoms with Crippen LogP contribution in [-0.2, 0) is 9.59 Å². The average Bonchev–Trinajstić information content (AvgIpc) is 2.65. The zero-order valence-electron chi connectivity index (χ0n) is 15.6. The number of rotatable bonds is 8. The predicted molar refractivity (Wildman–Crippen MR) is 108 cm³/mol. The fourth-order valence-electron chi connectivity index (χ4n) is 2.55. The third kappa shape index (κ3) is 5.92. The van der Waals surface area contributed by atoms with E-state index in [-0.39, 0.29) is 11.8 Å². The Kier molecular flexibility index (Phi) is 7.73. The van der Waals surface area contributed by atoms with Gasteiger partial charge in [0.05, 0.1) is 5.75 Å². The Morgan fingerprint density at radius 3 is 2.35 bits per heavy atom. The van der Waals surface area contributed by atoms with Crippen molar-refractivity contribution >= 4 is 29.3 Å². The molecule has 0 fully saturated rings. The summed E-state index contributed by atoms with van der Waals surface area (Å²) in [7, 11) is 0. The first kappa shape index (κ1) is 20.0. The van der Waals surface area contributed by atoms with Gasteiger partial charge in [-0.05, 0) is 44.5 Å². The monoisotopic (exact) mass is 370 g/mol. The molecule has 0 heterocycles. The van der Waals surface area contributed by atoms with Crippen LogP contribution in [0.3, 0.4) is 0 Å². The van der Waals surface area contributed by atoms with Crippen molar-refractivity contribution in [3.63, 3.8) is 0 Å². The molecule has 0 saturated carbocycles. The van der Waals surface area contributed by atoms with Crippen molar-refractivity contribution in [3.8, 4) is 0 Å². The van der Waals surface area contributed by atoms with Crippen molar-refractivity contribution in [1.82, 2.24) is 4.90 Å². The molecule has 2 aromatic rings. The van der Waals surface area contributed by atoms with Gasteiger partial charge in [-0.3, -0.25) is 9.59 Å². The van der Waals surface area contributed by atoms with Crippen LogP contribution >= 0.6 is 11.8 Å². The van der Waals surface area contributed by atoms with Crippen LogP contribution in [0.1, 0.15) is 25.8 Å². The number of para-hydroxylation sites is 1. The Bertz CT molecular complexity index is 717. The normalized spacial score (nSPS) is 11.7. The summed E-state index contributed by atoms with van der Waals surface area (Å²) in [5, 5.41) is 2.88. The number of hydrogen-bond donors (Lipinski definition) is 1. The first-order valence-electron chi connectivity index (χ1n) is 8.86. The number of carbonyl (C=O) groups excluding carboxylic acids is 2. The fraction of sp³-hybridized carbons (Fsp3) is 0.333. The summed E-state index contributed by atoms with van der Waals surface area (Å²) in [6.07, 6.45) is 0.809. The summed E-state index contributed by atoms with van der Waals surface area (Å²) in [4.78, 5) is 28.0. The molecule has 1 atom stereocenters. The van der Waals surface area contributed by atoms with Crippen molar-refractivity contribution in [3.05, 3.63) is 60.2 Å². The maximum Gasteiger partial charge on any atom is 0.246 e. The number of hydrogen-bond acceptors (Lipinski definition) is 3. The van der Waals surface area contributed by atoms with Gasteiger partial charge < -0.3 is 10.2 Å². The van der Waals surface area contributed by atoms with Gasteiger partial charge in [-0.25, -0.2) is 0 Å². The van der Waals surface area contributed by atoms with Crippen LogP contribution in [0.25, 0.3) is 0 Å². The smallest absolute Gasteiger partial charge is 0.246 e. The highest BCUT2D eigenvalue weighted by Crippen LogP contribution is 2.19. The van der Waals surface area contributed by atoms with E-state index < -0.39 is 6.04 Å². The molecule has 2 rings (SSSR count). The lowest BCUT2D eigenvalue weighted by atomic mass is 10.2. The molecular weight excluding hydrogens is 344 g/mol.